The van der Waals surface area contributed by atoms with E-state index >= 15 is 0 Å². The summed E-state index contributed by atoms with van der Waals surface area (Å²) in [5.41, 5.74) is 1.22. The molecule has 112 valence electrons. The van der Waals surface area contributed by atoms with Crippen molar-refractivity contribution in [2.45, 2.75) is 36.1 Å². The maximum Gasteiger partial charge on any atom is 0.159 e. The number of hydrogen-bond acceptors (Lipinski definition) is 2. The first kappa shape index (κ1) is 16.0. The molecule has 0 fully saturated rings. The first-order chi connectivity index (χ1) is 10.1. The molecule has 4 heteroatoms. The third-order valence-electron chi connectivity index (χ3n) is 3.21. The van der Waals surface area contributed by atoms with E-state index in [4.69, 9.17) is 0 Å². The summed E-state index contributed by atoms with van der Waals surface area (Å²) in [6, 6.07) is 12.4. The highest BCUT2D eigenvalue weighted by molar-refractivity contribution is 7.99. The maximum absolute atomic E-state index is 13.2. The molecule has 0 saturated carbocycles. The van der Waals surface area contributed by atoms with E-state index in [1.165, 1.54) is 23.4 Å². The zero-order chi connectivity index (χ0) is 15.2. The second kappa shape index (κ2) is 7.57. The van der Waals surface area contributed by atoms with Gasteiger partial charge in [-0.05, 0) is 55.8 Å². The average Bonchev–Trinajstić information content (AvgIpc) is 2.49. The molecule has 0 saturated heterocycles. The van der Waals surface area contributed by atoms with Crippen LogP contribution in [0.15, 0.2) is 52.3 Å². The van der Waals surface area contributed by atoms with Crippen LogP contribution >= 0.6 is 11.8 Å². The fourth-order valence-electron chi connectivity index (χ4n) is 1.98. The standard InChI is InChI=1S/C17H19F2NS/c1-3-10-20-12(2)13-4-6-14(7-5-13)21-15-8-9-16(18)17(19)11-15/h4-9,11-12,20H,3,10H2,1-2H3. The Morgan fingerprint density at radius 2 is 1.67 bits per heavy atom. The van der Waals surface area contributed by atoms with Crippen LogP contribution in [0.4, 0.5) is 8.78 Å². The van der Waals surface area contributed by atoms with E-state index in [2.05, 4.69) is 31.3 Å². The lowest BCUT2D eigenvalue weighted by Crippen LogP contribution is -2.19. The van der Waals surface area contributed by atoms with Crippen molar-refractivity contribution < 1.29 is 8.78 Å². The summed E-state index contributed by atoms with van der Waals surface area (Å²) in [6.07, 6.45) is 1.11. The van der Waals surface area contributed by atoms with Gasteiger partial charge < -0.3 is 5.32 Å². The molecule has 0 spiro atoms. The zero-order valence-electron chi connectivity index (χ0n) is 12.2. The lowest BCUT2D eigenvalue weighted by Gasteiger charge is -2.14. The Bertz CT molecular complexity index is 584. The Labute approximate surface area is 128 Å². The van der Waals surface area contributed by atoms with E-state index in [-0.39, 0.29) is 0 Å². The van der Waals surface area contributed by atoms with Gasteiger partial charge in [0, 0.05) is 15.8 Å². The fraction of sp³-hybridized carbons (Fsp3) is 0.294. The third-order valence-corrected chi connectivity index (χ3v) is 4.20. The van der Waals surface area contributed by atoms with Crippen molar-refractivity contribution in [2.75, 3.05) is 6.54 Å². The highest BCUT2D eigenvalue weighted by Gasteiger charge is 2.06. The van der Waals surface area contributed by atoms with E-state index in [0.717, 1.165) is 23.9 Å². The Morgan fingerprint density at radius 3 is 2.29 bits per heavy atom. The second-order valence-electron chi connectivity index (χ2n) is 4.92. The Kier molecular flexibility index (Phi) is 5.76. The Morgan fingerprint density at radius 1 is 1.00 bits per heavy atom. The largest absolute Gasteiger partial charge is 0.310 e. The first-order valence-corrected chi connectivity index (χ1v) is 7.88. The SMILES string of the molecule is CCCNC(C)c1ccc(Sc2ccc(F)c(F)c2)cc1. The van der Waals surface area contributed by atoms with Gasteiger partial charge in [0.1, 0.15) is 0 Å². The quantitative estimate of drug-likeness (QED) is 0.789. The lowest BCUT2D eigenvalue weighted by molar-refractivity contribution is 0.506. The molecule has 0 aliphatic heterocycles. The van der Waals surface area contributed by atoms with Crippen molar-refractivity contribution in [1.82, 2.24) is 5.32 Å². The first-order valence-electron chi connectivity index (χ1n) is 7.06. The molecule has 1 N–H and O–H groups in total. The van der Waals surface area contributed by atoms with Crippen molar-refractivity contribution in [3.05, 3.63) is 59.7 Å². The van der Waals surface area contributed by atoms with Crippen LogP contribution in [0.3, 0.4) is 0 Å². The Balaban J connectivity index is 2.03. The molecule has 0 amide bonds. The minimum absolute atomic E-state index is 0.312. The van der Waals surface area contributed by atoms with E-state index in [1.807, 2.05) is 12.1 Å². The van der Waals surface area contributed by atoms with Crippen LogP contribution < -0.4 is 5.32 Å². The molecule has 1 unspecified atom stereocenters. The van der Waals surface area contributed by atoms with Crippen molar-refractivity contribution in [3.63, 3.8) is 0 Å². The van der Waals surface area contributed by atoms with E-state index in [9.17, 15) is 8.78 Å². The van der Waals surface area contributed by atoms with Gasteiger partial charge in [-0.3, -0.25) is 0 Å². The minimum atomic E-state index is -0.814. The number of nitrogens with one attached hydrogen (secondary N) is 1. The molecule has 0 aromatic heterocycles. The molecule has 0 aliphatic carbocycles. The highest BCUT2D eigenvalue weighted by atomic mass is 32.2. The van der Waals surface area contributed by atoms with Crippen LogP contribution in [-0.2, 0) is 0 Å². The number of rotatable bonds is 6. The molecule has 1 nitrogen and oxygen atoms in total. The molecular weight excluding hydrogens is 288 g/mol. The van der Waals surface area contributed by atoms with Crippen molar-refractivity contribution >= 4 is 11.8 Å². The normalized spacial score (nSPS) is 12.4. The van der Waals surface area contributed by atoms with Crippen molar-refractivity contribution in [3.8, 4) is 0 Å². The van der Waals surface area contributed by atoms with Crippen molar-refractivity contribution in [1.29, 1.82) is 0 Å². The summed E-state index contributed by atoms with van der Waals surface area (Å²) in [5.74, 6) is -1.63. The molecule has 0 radical (unpaired) electrons. The van der Waals surface area contributed by atoms with E-state index in [1.54, 1.807) is 6.07 Å². The predicted molar refractivity (Wildman–Crippen MR) is 83.6 cm³/mol. The van der Waals surface area contributed by atoms with Crippen LogP contribution in [0.2, 0.25) is 0 Å². The van der Waals surface area contributed by atoms with Gasteiger partial charge in [0.2, 0.25) is 0 Å². The summed E-state index contributed by atoms with van der Waals surface area (Å²) in [7, 11) is 0. The molecule has 1 atom stereocenters. The summed E-state index contributed by atoms with van der Waals surface area (Å²) < 4.78 is 26.1. The van der Waals surface area contributed by atoms with Crippen LogP contribution in [0.5, 0.6) is 0 Å². The number of benzene rings is 2. The maximum atomic E-state index is 13.2. The molecule has 0 bridgehead atoms. The van der Waals surface area contributed by atoms with Gasteiger partial charge in [-0.2, -0.15) is 0 Å². The Hall–Kier alpha value is -1.39. The monoisotopic (exact) mass is 307 g/mol. The van der Waals surface area contributed by atoms with Gasteiger partial charge in [-0.25, -0.2) is 8.78 Å². The van der Waals surface area contributed by atoms with E-state index < -0.39 is 11.6 Å². The molecule has 0 aliphatic rings. The van der Waals surface area contributed by atoms with Crippen molar-refractivity contribution in [2.24, 2.45) is 0 Å². The molecular formula is C17H19F2NS. The molecule has 2 aromatic rings. The van der Waals surface area contributed by atoms with Gasteiger partial charge in [-0.1, -0.05) is 30.8 Å². The lowest BCUT2D eigenvalue weighted by atomic mass is 10.1. The van der Waals surface area contributed by atoms with Gasteiger partial charge in [-0.15, -0.1) is 0 Å². The zero-order valence-corrected chi connectivity index (χ0v) is 13.0. The van der Waals surface area contributed by atoms with Crippen LogP contribution in [-0.4, -0.2) is 6.54 Å². The number of hydrogen-bond donors (Lipinski definition) is 1. The smallest absolute Gasteiger partial charge is 0.159 e. The minimum Gasteiger partial charge on any atom is -0.310 e. The summed E-state index contributed by atoms with van der Waals surface area (Å²) in [4.78, 5) is 1.70. The molecule has 2 rings (SSSR count). The van der Waals surface area contributed by atoms with Gasteiger partial charge in [0.05, 0.1) is 0 Å². The second-order valence-corrected chi connectivity index (χ2v) is 6.07. The number of halogens is 2. The van der Waals surface area contributed by atoms with Gasteiger partial charge in [0.15, 0.2) is 11.6 Å². The highest BCUT2D eigenvalue weighted by Crippen LogP contribution is 2.29. The fourth-order valence-corrected chi connectivity index (χ4v) is 2.82. The summed E-state index contributed by atoms with van der Waals surface area (Å²) in [5, 5.41) is 3.43. The van der Waals surface area contributed by atoms with Crippen LogP contribution in [0.1, 0.15) is 31.9 Å². The average molecular weight is 307 g/mol. The van der Waals surface area contributed by atoms with Gasteiger partial charge >= 0.3 is 0 Å². The predicted octanol–water partition coefficient (Wildman–Crippen LogP) is 5.18. The van der Waals surface area contributed by atoms with E-state index in [0.29, 0.717) is 10.9 Å². The molecule has 21 heavy (non-hydrogen) atoms. The van der Waals surface area contributed by atoms with Gasteiger partial charge in [0.25, 0.3) is 0 Å². The van der Waals surface area contributed by atoms with Crippen LogP contribution in [0, 0.1) is 11.6 Å². The third kappa shape index (κ3) is 4.55. The topological polar surface area (TPSA) is 12.0 Å². The molecule has 0 heterocycles. The van der Waals surface area contributed by atoms with Crippen LogP contribution in [0.25, 0.3) is 0 Å². The summed E-state index contributed by atoms with van der Waals surface area (Å²) >= 11 is 1.42. The molecule has 2 aromatic carbocycles. The summed E-state index contributed by atoms with van der Waals surface area (Å²) in [6.45, 7) is 5.26.